The summed E-state index contributed by atoms with van der Waals surface area (Å²) in [5.41, 5.74) is 2.67. The number of Topliss-reactive ketones (excluding diaryl/α,β-unsaturated/α-hetero) is 1. The van der Waals surface area contributed by atoms with E-state index in [1.807, 2.05) is 17.5 Å². The lowest BCUT2D eigenvalue weighted by Crippen LogP contribution is -2.41. The van der Waals surface area contributed by atoms with E-state index in [0.29, 0.717) is 16.6 Å². The summed E-state index contributed by atoms with van der Waals surface area (Å²) in [6.45, 7) is 8.71. The minimum absolute atomic E-state index is 0.0265. The van der Waals surface area contributed by atoms with Gasteiger partial charge in [-0.1, -0.05) is 52.0 Å². The van der Waals surface area contributed by atoms with Gasteiger partial charge in [-0.2, -0.15) is 0 Å². The highest BCUT2D eigenvalue weighted by Crippen LogP contribution is 2.49. The molecule has 0 bridgehead atoms. The van der Waals surface area contributed by atoms with Crippen LogP contribution >= 0.6 is 11.3 Å². The number of aromatic nitrogens is 1. The molecule has 0 N–H and O–H groups in total. The summed E-state index contributed by atoms with van der Waals surface area (Å²) in [4.78, 5) is 33.3. The topological polar surface area (TPSA) is 59.5 Å². The molecule has 1 aromatic heterocycles. The molecule has 1 aromatic carbocycles. The monoisotopic (exact) mass is 436 g/mol. The van der Waals surface area contributed by atoms with Crippen LogP contribution in [0, 0.1) is 11.8 Å². The molecular formula is C25H28N2O3S. The van der Waals surface area contributed by atoms with Crippen molar-refractivity contribution in [3.63, 3.8) is 0 Å². The first-order valence-electron chi connectivity index (χ1n) is 11.0. The number of amides is 1. The van der Waals surface area contributed by atoms with E-state index in [2.05, 4.69) is 44.8 Å². The van der Waals surface area contributed by atoms with E-state index in [9.17, 15) is 9.59 Å². The van der Waals surface area contributed by atoms with Gasteiger partial charge in [0.25, 0.3) is 5.91 Å². The van der Waals surface area contributed by atoms with Crippen molar-refractivity contribution in [3.8, 4) is 0 Å². The van der Waals surface area contributed by atoms with Crippen molar-refractivity contribution in [1.29, 1.82) is 0 Å². The lowest BCUT2D eigenvalue weighted by atomic mass is 9.74. The molecule has 31 heavy (non-hydrogen) atoms. The lowest BCUT2D eigenvalue weighted by molar-refractivity contribution is -0.132. The van der Waals surface area contributed by atoms with Gasteiger partial charge < -0.3 is 4.74 Å². The Morgan fingerprint density at radius 2 is 1.87 bits per heavy atom. The third kappa shape index (κ3) is 3.32. The first-order chi connectivity index (χ1) is 14.8. The molecule has 0 saturated heterocycles. The third-order valence-electron chi connectivity index (χ3n) is 6.83. The van der Waals surface area contributed by atoms with Crippen molar-refractivity contribution in [2.75, 3.05) is 4.90 Å². The molecule has 3 heterocycles. The van der Waals surface area contributed by atoms with Gasteiger partial charge in [0.15, 0.2) is 16.7 Å². The number of nitrogens with zero attached hydrogens (tertiary/aromatic N) is 2. The molecule has 1 fully saturated rings. The van der Waals surface area contributed by atoms with Gasteiger partial charge in [-0.05, 0) is 41.7 Å². The number of carbonyl (C=O) groups excluding carboxylic acids is 2. The fourth-order valence-electron chi connectivity index (χ4n) is 5.09. The Bertz CT molecular complexity index is 1050. The number of ketones is 1. The Balaban J connectivity index is 1.61. The van der Waals surface area contributed by atoms with Gasteiger partial charge in [-0.25, -0.2) is 4.98 Å². The first kappa shape index (κ1) is 20.4. The lowest BCUT2D eigenvalue weighted by Gasteiger charge is -2.37. The quantitative estimate of drug-likeness (QED) is 0.650. The molecule has 6 heteroatoms. The van der Waals surface area contributed by atoms with Crippen LogP contribution < -0.4 is 4.90 Å². The van der Waals surface area contributed by atoms with Crippen LogP contribution in [0.1, 0.15) is 64.1 Å². The van der Waals surface area contributed by atoms with Crippen molar-refractivity contribution in [2.45, 2.75) is 64.5 Å². The largest absolute Gasteiger partial charge is 0.483 e. The maximum absolute atomic E-state index is 13.7. The second-order valence-corrected chi connectivity index (χ2v) is 10.9. The molecule has 0 spiro atoms. The summed E-state index contributed by atoms with van der Waals surface area (Å²) in [7, 11) is 0. The van der Waals surface area contributed by atoms with E-state index in [0.717, 1.165) is 24.8 Å². The van der Waals surface area contributed by atoms with Crippen molar-refractivity contribution in [1.82, 2.24) is 4.98 Å². The third-order valence-corrected chi connectivity index (χ3v) is 7.60. The number of benzene rings is 1. The van der Waals surface area contributed by atoms with E-state index >= 15 is 0 Å². The van der Waals surface area contributed by atoms with Crippen LogP contribution in [-0.2, 0) is 19.7 Å². The average Bonchev–Trinajstić information content (AvgIpc) is 3.35. The summed E-state index contributed by atoms with van der Waals surface area (Å²) in [5, 5.41) is 2.45. The molecule has 4 unspecified atom stereocenters. The predicted octanol–water partition coefficient (Wildman–Crippen LogP) is 5.19. The first-order valence-corrected chi connectivity index (χ1v) is 11.9. The second kappa shape index (κ2) is 7.30. The van der Waals surface area contributed by atoms with Gasteiger partial charge >= 0.3 is 0 Å². The van der Waals surface area contributed by atoms with Gasteiger partial charge in [0.2, 0.25) is 0 Å². The number of rotatable bonds is 2. The normalized spacial score (nSPS) is 28.5. The van der Waals surface area contributed by atoms with Crippen LogP contribution in [0.15, 0.2) is 47.2 Å². The number of thiazole rings is 1. The van der Waals surface area contributed by atoms with E-state index in [4.69, 9.17) is 4.74 Å². The number of anilines is 1. The smallest absolute Gasteiger partial charge is 0.296 e. The van der Waals surface area contributed by atoms with Crippen molar-refractivity contribution in [2.24, 2.45) is 11.8 Å². The Morgan fingerprint density at radius 3 is 2.52 bits per heavy atom. The van der Waals surface area contributed by atoms with Crippen molar-refractivity contribution < 1.29 is 14.3 Å². The molecule has 3 aliphatic rings. The molecular weight excluding hydrogens is 408 g/mol. The van der Waals surface area contributed by atoms with Gasteiger partial charge in [-0.15, -0.1) is 11.3 Å². The average molecular weight is 437 g/mol. The number of fused-ring (bicyclic) bond motifs is 1. The molecule has 5 nitrogen and oxygen atoms in total. The minimum Gasteiger partial charge on any atom is -0.483 e. The molecule has 5 rings (SSSR count). The fraction of sp³-hybridized carbons (Fsp3) is 0.480. The van der Waals surface area contributed by atoms with Crippen LogP contribution in [0.3, 0.4) is 0 Å². The number of ether oxygens (including phenoxy) is 1. The fourth-order valence-corrected chi connectivity index (χ4v) is 5.76. The van der Waals surface area contributed by atoms with Crippen LogP contribution in [0.4, 0.5) is 5.13 Å². The van der Waals surface area contributed by atoms with Crippen LogP contribution in [0.25, 0.3) is 0 Å². The molecule has 0 radical (unpaired) electrons. The Kier molecular flexibility index (Phi) is 4.81. The Hall–Kier alpha value is -2.47. The van der Waals surface area contributed by atoms with Crippen LogP contribution in [0.5, 0.6) is 0 Å². The molecule has 2 aromatic rings. The van der Waals surface area contributed by atoms with E-state index in [1.165, 1.54) is 16.9 Å². The molecule has 1 aliphatic carbocycles. The van der Waals surface area contributed by atoms with Crippen LogP contribution in [-0.4, -0.2) is 22.8 Å². The van der Waals surface area contributed by atoms with Gasteiger partial charge in [0.05, 0.1) is 17.5 Å². The SMILES string of the molecule is CC1CCC2OC3=C(C(=O)C2C1)C(c1ccc(C(C)(C)C)cc1)N(c1nccs1)C3=O. The summed E-state index contributed by atoms with van der Waals surface area (Å²) in [6, 6.07) is 7.78. The highest BCUT2D eigenvalue weighted by atomic mass is 32.1. The Morgan fingerprint density at radius 1 is 1.13 bits per heavy atom. The second-order valence-electron chi connectivity index (χ2n) is 10.1. The summed E-state index contributed by atoms with van der Waals surface area (Å²) in [6.07, 6.45) is 4.17. The minimum atomic E-state index is -0.492. The van der Waals surface area contributed by atoms with Crippen LogP contribution in [0.2, 0.25) is 0 Å². The summed E-state index contributed by atoms with van der Waals surface area (Å²) in [5.74, 6) is 0.395. The van der Waals surface area contributed by atoms with Gasteiger partial charge in [-0.3, -0.25) is 14.5 Å². The number of hydrogen-bond donors (Lipinski definition) is 0. The number of carbonyl (C=O) groups is 2. The molecule has 4 atom stereocenters. The molecule has 1 saturated carbocycles. The summed E-state index contributed by atoms with van der Waals surface area (Å²) >= 11 is 1.40. The van der Waals surface area contributed by atoms with E-state index in [1.54, 1.807) is 11.1 Å². The zero-order valence-electron chi connectivity index (χ0n) is 18.4. The predicted molar refractivity (Wildman–Crippen MR) is 121 cm³/mol. The van der Waals surface area contributed by atoms with Crippen molar-refractivity contribution in [3.05, 3.63) is 58.3 Å². The number of hydrogen-bond acceptors (Lipinski definition) is 5. The maximum atomic E-state index is 13.7. The molecule has 1 amide bonds. The highest BCUT2D eigenvalue weighted by molar-refractivity contribution is 7.13. The van der Waals surface area contributed by atoms with Gasteiger partial charge in [0.1, 0.15) is 6.10 Å². The standard InChI is InChI=1S/C25H28N2O3S/c1-14-5-10-18-17(13-14)21(28)19-20(15-6-8-16(9-7-15)25(2,3)4)27(23(29)22(19)30-18)24-26-11-12-31-24/h6-9,11-12,14,17-18,20H,5,10,13H2,1-4H3. The molecule has 2 aliphatic heterocycles. The van der Waals surface area contributed by atoms with Crippen molar-refractivity contribution >= 4 is 28.2 Å². The summed E-state index contributed by atoms with van der Waals surface area (Å²) < 4.78 is 6.25. The zero-order valence-corrected chi connectivity index (χ0v) is 19.2. The molecule has 162 valence electrons. The van der Waals surface area contributed by atoms with E-state index < -0.39 is 6.04 Å². The maximum Gasteiger partial charge on any atom is 0.296 e. The highest BCUT2D eigenvalue weighted by Gasteiger charge is 2.53. The zero-order chi connectivity index (χ0) is 21.9. The van der Waals surface area contributed by atoms with E-state index in [-0.39, 0.29) is 34.9 Å². The Labute approximate surface area is 187 Å². The van der Waals surface area contributed by atoms with Gasteiger partial charge in [0, 0.05) is 11.6 Å².